The molecule has 16 heavy (non-hydrogen) atoms. The molecule has 96 valence electrons. The predicted octanol–water partition coefficient (Wildman–Crippen LogP) is 1.98. The van der Waals surface area contributed by atoms with E-state index in [0.717, 1.165) is 5.92 Å². The van der Waals surface area contributed by atoms with Gasteiger partial charge >= 0.3 is 0 Å². The summed E-state index contributed by atoms with van der Waals surface area (Å²) in [5, 5.41) is 3.59. The highest BCUT2D eigenvalue weighted by atomic mass is 32.2. The third-order valence-electron chi connectivity index (χ3n) is 3.39. The predicted molar refractivity (Wildman–Crippen MR) is 68.3 cm³/mol. The summed E-state index contributed by atoms with van der Waals surface area (Å²) < 4.78 is 22.3. The van der Waals surface area contributed by atoms with Crippen molar-refractivity contribution in [3.8, 4) is 0 Å². The summed E-state index contributed by atoms with van der Waals surface area (Å²) in [4.78, 5) is 0. The Balaban J connectivity index is 2.39. The maximum atomic E-state index is 11.1. The van der Waals surface area contributed by atoms with Crippen LogP contribution in [0.4, 0.5) is 0 Å². The van der Waals surface area contributed by atoms with Crippen molar-refractivity contribution in [2.75, 3.05) is 12.0 Å². The molecule has 2 atom stereocenters. The molecule has 1 N–H and O–H groups in total. The zero-order chi connectivity index (χ0) is 12.4. The van der Waals surface area contributed by atoms with Gasteiger partial charge in [0.15, 0.2) is 0 Å². The number of hydrogen-bond acceptors (Lipinski definition) is 3. The Hall–Kier alpha value is -0.0900. The first-order chi connectivity index (χ1) is 7.18. The van der Waals surface area contributed by atoms with Gasteiger partial charge in [0, 0.05) is 17.8 Å². The highest BCUT2D eigenvalue weighted by molar-refractivity contribution is 7.90. The zero-order valence-corrected chi connectivity index (χ0v) is 11.7. The van der Waals surface area contributed by atoms with Crippen LogP contribution in [0.25, 0.3) is 0 Å². The van der Waals surface area contributed by atoms with Crippen LogP contribution >= 0.6 is 0 Å². The smallest absolute Gasteiger partial charge is 0.147 e. The largest absolute Gasteiger partial charge is 0.309 e. The zero-order valence-electron chi connectivity index (χ0n) is 10.9. The van der Waals surface area contributed by atoms with Crippen molar-refractivity contribution in [1.29, 1.82) is 0 Å². The van der Waals surface area contributed by atoms with E-state index in [1.54, 1.807) is 0 Å². The summed E-state index contributed by atoms with van der Waals surface area (Å²) in [5.74, 6) is 1.08. The Bertz CT molecular complexity index is 322. The van der Waals surface area contributed by atoms with Gasteiger partial charge in [-0.1, -0.05) is 6.92 Å². The molecular formula is C12H25NO2S. The monoisotopic (exact) mass is 247 g/mol. The quantitative estimate of drug-likeness (QED) is 0.808. The molecular weight excluding hydrogens is 222 g/mol. The third kappa shape index (κ3) is 5.30. The topological polar surface area (TPSA) is 46.2 Å². The second-order valence-electron chi connectivity index (χ2n) is 6.02. The van der Waals surface area contributed by atoms with Crippen molar-refractivity contribution in [1.82, 2.24) is 5.32 Å². The van der Waals surface area contributed by atoms with Crippen LogP contribution in [0.3, 0.4) is 0 Å². The maximum absolute atomic E-state index is 11.1. The van der Waals surface area contributed by atoms with Crippen LogP contribution in [-0.4, -0.2) is 32.0 Å². The average molecular weight is 247 g/mol. The molecule has 0 aliphatic heterocycles. The lowest BCUT2D eigenvalue weighted by molar-refractivity contribution is 0.322. The fourth-order valence-electron chi connectivity index (χ4n) is 2.40. The van der Waals surface area contributed by atoms with Crippen LogP contribution in [0, 0.1) is 5.92 Å². The number of rotatable bonds is 5. The van der Waals surface area contributed by atoms with Crippen molar-refractivity contribution < 1.29 is 8.42 Å². The summed E-state index contributed by atoms with van der Waals surface area (Å²) >= 11 is 0. The first-order valence-electron chi connectivity index (χ1n) is 6.13. The van der Waals surface area contributed by atoms with Gasteiger partial charge in [-0.3, -0.25) is 0 Å². The van der Waals surface area contributed by atoms with E-state index in [0.29, 0.717) is 12.5 Å². The molecule has 0 aromatic rings. The van der Waals surface area contributed by atoms with Crippen LogP contribution in [0.5, 0.6) is 0 Å². The summed E-state index contributed by atoms with van der Waals surface area (Å²) in [6.45, 7) is 6.48. The number of sulfone groups is 1. The average Bonchev–Trinajstić information content (AvgIpc) is 2.46. The molecule has 0 bridgehead atoms. The number of hydrogen-bond donors (Lipinski definition) is 1. The van der Waals surface area contributed by atoms with Gasteiger partial charge < -0.3 is 5.32 Å². The van der Waals surface area contributed by atoms with Crippen LogP contribution < -0.4 is 5.32 Å². The first kappa shape index (κ1) is 14.0. The molecule has 1 saturated carbocycles. The van der Waals surface area contributed by atoms with E-state index in [4.69, 9.17) is 0 Å². The van der Waals surface area contributed by atoms with Gasteiger partial charge in [0.2, 0.25) is 0 Å². The molecule has 0 aromatic carbocycles. The Morgan fingerprint density at radius 3 is 2.38 bits per heavy atom. The van der Waals surface area contributed by atoms with E-state index in [9.17, 15) is 8.42 Å². The minimum atomic E-state index is -2.84. The van der Waals surface area contributed by atoms with Crippen molar-refractivity contribution in [2.45, 2.75) is 58.0 Å². The Morgan fingerprint density at radius 1 is 1.31 bits per heavy atom. The standard InChI is InChI=1S/C12H25NO2S/c1-10-5-6-11(9-10)13-12(2,3)7-8-16(4,14)15/h10-11,13H,5-9H2,1-4H3/t10-,11+/m0/s1. The van der Waals surface area contributed by atoms with Crippen LogP contribution in [-0.2, 0) is 9.84 Å². The van der Waals surface area contributed by atoms with Gasteiger partial charge in [-0.15, -0.1) is 0 Å². The van der Waals surface area contributed by atoms with Gasteiger partial charge in [0.25, 0.3) is 0 Å². The van der Waals surface area contributed by atoms with Gasteiger partial charge in [0.05, 0.1) is 5.75 Å². The lowest BCUT2D eigenvalue weighted by atomic mass is 9.99. The molecule has 0 unspecified atom stereocenters. The van der Waals surface area contributed by atoms with Crippen molar-refractivity contribution >= 4 is 9.84 Å². The van der Waals surface area contributed by atoms with E-state index < -0.39 is 9.84 Å². The van der Waals surface area contributed by atoms with Gasteiger partial charge in [0.1, 0.15) is 9.84 Å². The van der Waals surface area contributed by atoms with Crippen molar-refractivity contribution in [3.05, 3.63) is 0 Å². The Morgan fingerprint density at radius 2 is 1.94 bits per heavy atom. The third-order valence-corrected chi connectivity index (χ3v) is 4.33. The normalized spacial score (nSPS) is 27.2. The van der Waals surface area contributed by atoms with E-state index in [1.165, 1.54) is 25.5 Å². The summed E-state index contributed by atoms with van der Waals surface area (Å²) in [6, 6.07) is 0.574. The molecule has 0 radical (unpaired) electrons. The Kier molecular flexibility index (Phi) is 4.41. The molecule has 3 nitrogen and oxygen atoms in total. The van der Waals surface area contributed by atoms with Crippen LogP contribution in [0.15, 0.2) is 0 Å². The van der Waals surface area contributed by atoms with Crippen LogP contribution in [0.2, 0.25) is 0 Å². The Labute approximate surface area is 99.9 Å². The van der Waals surface area contributed by atoms with Crippen molar-refractivity contribution in [2.24, 2.45) is 5.92 Å². The molecule has 1 rings (SSSR count). The molecule has 0 heterocycles. The molecule has 4 heteroatoms. The highest BCUT2D eigenvalue weighted by Crippen LogP contribution is 2.26. The molecule has 0 spiro atoms. The van der Waals surface area contributed by atoms with E-state index in [-0.39, 0.29) is 11.3 Å². The molecule has 0 aromatic heterocycles. The summed E-state index contributed by atoms with van der Waals surface area (Å²) in [5.41, 5.74) is -0.0716. The summed E-state index contributed by atoms with van der Waals surface area (Å²) in [7, 11) is -2.84. The highest BCUT2D eigenvalue weighted by Gasteiger charge is 2.27. The van der Waals surface area contributed by atoms with E-state index in [1.807, 2.05) is 0 Å². The van der Waals surface area contributed by atoms with Gasteiger partial charge in [-0.25, -0.2) is 8.42 Å². The molecule has 1 aliphatic rings. The fraction of sp³-hybridized carbons (Fsp3) is 1.00. The summed E-state index contributed by atoms with van der Waals surface area (Å²) in [6.07, 6.45) is 5.74. The second-order valence-corrected chi connectivity index (χ2v) is 8.28. The van der Waals surface area contributed by atoms with Crippen molar-refractivity contribution in [3.63, 3.8) is 0 Å². The molecule has 1 fully saturated rings. The van der Waals surface area contributed by atoms with E-state index in [2.05, 4.69) is 26.1 Å². The fourth-order valence-corrected chi connectivity index (χ4v) is 3.28. The number of nitrogens with one attached hydrogen (secondary N) is 1. The molecule has 0 saturated heterocycles. The minimum Gasteiger partial charge on any atom is -0.309 e. The SMILES string of the molecule is C[C@H]1CC[C@@H](NC(C)(C)CCS(C)(=O)=O)C1. The minimum absolute atomic E-state index is 0.0716. The van der Waals surface area contributed by atoms with Gasteiger partial charge in [-0.2, -0.15) is 0 Å². The van der Waals surface area contributed by atoms with E-state index >= 15 is 0 Å². The van der Waals surface area contributed by atoms with Crippen LogP contribution in [0.1, 0.15) is 46.5 Å². The molecule has 1 aliphatic carbocycles. The van der Waals surface area contributed by atoms with Gasteiger partial charge in [-0.05, 0) is 45.4 Å². The first-order valence-corrected chi connectivity index (χ1v) is 8.19. The molecule has 0 amide bonds. The lowest BCUT2D eigenvalue weighted by Crippen LogP contribution is -2.46. The second kappa shape index (κ2) is 5.05. The lowest BCUT2D eigenvalue weighted by Gasteiger charge is -2.30. The maximum Gasteiger partial charge on any atom is 0.147 e.